The Bertz CT molecular complexity index is 596. The number of carbonyl (C=O) groups is 2. The molecule has 6 heteroatoms. The predicted octanol–water partition coefficient (Wildman–Crippen LogP) is 2.86. The van der Waals surface area contributed by atoms with Gasteiger partial charge in [-0.1, -0.05) is 48.5 Å². The van der Waals surface area contributed by atoms with Gasteiger partial charge >= 0.3 is 33.9 Å². The van der Waals surface area contributed by atoms with Crippen molar-refractivity contribution < 1.29 is 40.9 Å². The van der Waals surface area contributed by atoms with Crippen molar-refractivity contribution in [1.82, 2.24) is 0 Å². The molecule has 0 aromatic heterocycles. The van der Waals surface area contributed by atoms with Crippen LogP contribution in [0.2, 0.25) is 0 Å². The van der Waals surface area contributed by atoms with Crippen LogP contribution in [-0.2, 0) is 31.3 Å². The minimum Gasteiger partial charge on any atom is 0 e. The maximum absolute atomic E-state index is 10.9. The van der Waals surface area contributed by atoms with Crippen molar-refractivity contribution in [3.63, 3.8) is 0 Å². The van der Waals surface area contributed by atoms with Crippen LogP contribution < -0.4 is 0 Å². The zero-order chi connectivity index (χ0) is 17.4. The molecule has 0 aliphatic carbocycles. The fourth-order valence-corrected chi connectivity index (χ4v) is 1.69. The number of rotatable bonds is 3. The van der Waals surface area contributed by atoms with E-state index in [0.29, 0.717) is 11.1 Å². The Morgan fingerprint density at radius 3 is 1.13 bits per heavy atom. The van der Waals surface area contributed by atoms with Gasteiger partial charge in [-0.25, -0.2) is 0 Å². The summed E-state index contributed by atoms with van der Waals surface area (Å²) in [6.07, 6.45) is 1.60. The molecule has 114 valence electrons. The van der Waals surface area contributed by atoms with Gasteiger partial charge in [0, 0.05) is 28.5 Å². The molecule has 0 spiro atoms. The molecule has 5 nitrogen and oxygen atoms in total. The van der Waals surface area contributed by atoms with Gasteiger partial charge in [0.15, 0.2) is 12.6 Å². The minimum absolute atomic E-state index is 0. The maximum atomic E-state index is 10.9. The van der Waals surface area contributed by atoms with Gasteiger partial charge in [-0.15, -0.1) is 0 Å². The Hall–Kier alpha value is -2.47. The van der Waals surface area contributed by atoms with Crippen molar-refractivity contribution in [2.75, 3.05) is 0 Å². The van der Waals surface area contributed by atoms with Gasteiger partial charge in [-0.3, -0.25) is 9.59 Å². The van der Waals surface area contributed by atoms with Crippen molar-refractivity contribution in [3.8, 4) is 11.1 Å². The van der Waals surface area contributed by atoms with Gasteiger partial charge in [-0.2, -0.15) is 0 Å². The van der Waals surface area contributed by atoms with Crippen molar-refractivity contribution in [1.29, 1.82) is 0 Å². The molecule has 0 bridgehead atoms. The van der Waals surface area contributed by atoms with Crippen molar-refractivity contribution >= 4 is 12.6 Å². The standard InChI is InChI=1S/C14H10O2.3CO.Cr/c15-9-11-5-1-3-7-13(11)14-8-4-2-6-12(14)10-16;3*1-2;/h1-10H;;;;. The van der Waals surface area contributed by atoms with Gasteiger partial charge in [0.1, 0.15) is 0 Å². The normalized spacial score (nSPS) is 7.04. The van der Waals surface area contributed by atoms with Crippen LogP contribution in [0, 0.1) is 20.0 Å². The zero-order valence-electron chi connectivity index (χ0n) is 11.7. The summed E-state index contributed by atoms with van der Waals surface area (Å²) in [7, 11) is 0. The predicted molar refractivity (Wildman–Crippen MR) is 74.4 cm³/mol. The van der Waals surface area contributed by atoms with E-state index in [1.165, 1.54) is 0 Å². The molecule has 0 saturated heterocycles. The molecule has 0 fully saturated rings. The molecule has 0 radical (unpaired) electrons. The Balaban J connectivity index is -0.000000514. The van der Waals surface area contributed by atoms with E-state index in [4.69, 9.17) is 14.0 Å². The molecule has 2 aromatic rings. The first-order valence-corrected chi connectivity index (χ1v) is 5.57. The molecule has 0 aliphatic heterocycles. The smallest absolute Gasteiger partial charge is 0 e. The van der Waals surface area contributed by atoms with E-state index in [-0.39, 0.29) is 17.4 Å². The zero-order valence-corrected chi connectivity index (χ0v) is 13.0. The number of carbonyl (C=O) groups excluding carboxylic acids is 2. The molecule has 0 saturated carbocycles. The third-order valence-electron chi connectivity index (χ3n) is 2.47. The van der Waals surface area contributed by atoms with Gasteiger partial charge in [-0.05, 0) is 11.1 Å². The molecule has 0 N–H and O–H groups in total. The van der Waals surface area contributed by atoms with Crippen LogP contribution >= 0.6 is 0 Å². The summed E-state index contributed by atoms with van der Waals surface area (Å²) in [6, 6.07) is 14.5. The Labute approximate surface area is 144 Å². The number of hydrogen-bond donors (Lipinski definition) is 0. The third kappa shape index (κ3) is 7.92. The minimum atomic E-state index is 0. The number of benzene rings is 2. The quantitative estimate of drug-likeness (QED) is 0.485. The molecular weight excluding hydrogens is 336 g/mol. The monoisotopic (exact) mass is 346 g/mol. The van der Waals surface area contributed by atoms with Crippen LogP contribution in [-0.4, -0.2) is 12.6 Å². The average molecular weight is 346 g/mol. The van der Waals surface area contributed by atoms with E-state index in [1.54, 1.807) is 24.3 Å². The molecule has 2 aromatic carbocycles. The first-order chi connectivity index (χ1) is 10.9. The van der Waals surface area contributed by atoms with E-state index in [1.807, 2.05) is 24.3 Å². The topological polar surface area (TPSA) is 93.8 Å². The Kier molecular flexibility index (Phi) is 19.5. The second-order valence-corrected chi connectivity index (χ2v) is 3.41. The molecule has 2 rings (SSSR count). The summed E-state index contributed by atoms with van der Waals surface area (Å²) >= 11 is 0. The van der Waals surface area contributed by atoms with E-state index in [0.717, 1.165) is 23.7 Å². The van der Waals surface area contributed by atoms with Gasteiger partial charge in [0.2, 0.25) is 0 Å². The molecule has 0 aliphatic rings. The Morgan fingerprint density at radius 1 is 0.609 bits per heavy atom. The summed E-state index contributed by atoms with van der Waals surface area (Å²) in [4.78, 5) is 21.8. The summed E-state index contributed by atoms with van der Waals surface area (Å²) in [5, 5.41) is 0. The van der Waals surface area contributed by atoms with Crippen LogP contribution in [0.4, 0.5) is 0 Å². The van der Waals surface area contributed by atoms with Crippen LogP contribution in [0.5, 0.6) is 0 Å². The second-order valence-electron chi connectivity index (χ2n) is 3.41. The van der Waals surface area contributed by atoms with Gasteiger partial charge in [0.05, 0.1) is 0 Å². The van der Waals surface area contributed by atoms with E-state index in [2.05, 4.69) is 20.0 Å². The summed E-state index contributed by atoms with van der Waals surface area (Å²) < 4.78 is 22.5. The first kappa shape index (κ1) is 25.5. The molecular formula is C17H10CrO5. The molecule has 0 atom stereocenters. The molecule has 0 amide bonds. The fourth-order valence-electron chi connectivity index (χ4n) is 1.69. The summed E-state index contributed by atoms with van der Waals surface area (Å²) in [5.41, 5.74) is 2.77. The SMILES string of the molecule is O=Cc1ccccc1-c1ccccc1C=O.[C-]#[O+].[C-]#[O+].[C-]#[O+].[Cr]. The van der Waals surface area contributed by atoms with E-state index in [9.17, 15) is 9.59 Å². The second kappa shape index (κ2) is 17.6. The van der Waals surface area contributed by atoms with E-state index >= 15 is 0 Å². The average Bonchev–Trinajstić information content (AvgIpc) is 2.66. The molecule has 23 heavy (non-hydrogen) atoms. The number of hydrogen-bond acceptors (Lipinski definition) is 2. The first-order valence-electron chi connectivity index (χ1n) is 5.57. The Morgan fingerprint density at radius 2 is 0.870 bits per heavy atom. The van der Waals surface area contributed by atoms with Crippen LogP contribution in [0.3, 0.4) is 0 Å². The molecule has 0 heterocycles. The van der Waals surface area contributed by atoms with Gasteiger partial charge < -0.3 is 0 Å². The van der Waals surface area contributed by atoms with Crippen LogP contribution in [0.15, 0.2) is 48.5 Å². The van der Waals surface area contributed by atoms with E-state index < -0.39 is 0 Å². The van der Waals surface area contributed by atoms with Crippen molar-refractivity contribution in [2.45, 2.75) is 0 Å². The molecule has 0 unspecified atom stereocenters. The van der Waals surface area contributed by atoms with Crippen molar-refractivity contribution in [3.05, 3.63) is 79.6 Å². The third-order valence-corrected chi connectivity index (χ3v) is 2.47. The van der Waals surface area contributed by atoms with Crippen LogP contribution in [0.1, 0.15) is 20.7 Å². The van der Waals surface area contributed by atoms with Crippen molar-refractivity contribution in [2.24, 2.45) is 0 Å². The maximum Gasteiger partial charge on any atom is 0 e. The fraction of sp³-hybridized carbons (Fsp3) is 0. The largest absolute Gasteiger partial charge is 0 e. The van der Waals surface area contributed by atoms with Crippen LogP contribution in [0.25, 0.3) is 11.1 Å². The summed E-state index contributed by atoms with van der Waals surface area (Å²) in [5.74, 6) is 0. The summed E-state index contributed by atoms with van der Waals surface area (Å²) in [6.45, 7) is 13.5. The number of aldehydes is 2. The van der Waals surface area contributed by atoms with Gasteiger partial charge in [0.25, 0.3) is 0 Å².